The molecule has 0 amide bonds. The van der Waals surface area contributed by atoms with E-state index in [-0.39, 0.29) is 12.0 Å². The smallest absolute Gasteiger partial charge is 0.311 e. The van der Waals surface area contributed by atoms with E-state index in [0.717, 1.165) is 6.42 Å². The topological polar surface area (TPSA) is 38.3 Å². The maximum absolute atomic E-state index is 11.5. The van der Waals surface area contributed by atoms with Gasteiger partial charge in [-0.05, 0) is 41.0 Å². The molecule has 0 saturated heterocycles. The molecular formula is C13H27NO2. The Labute approximate surface area is 99.9 Å². The maximum Gasteiger partial charge on any atom is 0.311 e. The number of hydrogen-bond acceptors (Lipinski definition) is 3. The van der Waals surface area contributed by atoms with Gasteiger partial charge in [0, 0.05) is 12.1 Å². The van der Waals surface area contributed by atoms with E-state index in [2.05, 4.69) is 19.2 Å². The standard InChI is InChI=1S/C13H27NO2/c1-7-8-10(2)14-11(3)9-16-12(15)13(4,5)6/h10-11,14H,7-9H2,1-6H3/t10?,11-/m0/s1. The van der Waals surface area contributed by atoms with Crippen molar-refractivity contribution in [3.05, 3.63) is 0 Å². The molecule has 0 aliphatic rings. The normalized spacial score (nSPS) is 15.6. The van der Waals surface area contributed by atoms with Crippen molar-refractivity contribution < 1.29 is 9.53 Å². The maximum atomic E-state index is 11.5. The van der Waals surface area contributed by atoms with Crippen molar-refractivity contribution in [1.82, 2.24) is 5.32 Å². The average Bonchev–Trinajstić information content (AvgIpc) is 2.12. The molecule has 1 unspecified atom stereocenters. The van der Waals surface area contributed by atoms with Crippen LogP contribution in [-0.2, 0) is 9.53 Å². The summed E-state index contributed by atoms with van der Waals surface area (Å²) in [5.41, 5.74) is -0.408. The Kier molecular flexibility index (Phi) is 6.65. The van der Waals surface area contributed by atoms with Crippen LogP contribution >= 0.6 is 0 Å². The van der Waals surface area contributed by atoms with E-state index >= 15 is 0 Å². The highest BCUT2D eigenvalue weighted by molar-refractivity contribution is 5.75. The molecule has 0 aliphatic carbocycles. The van der Waals surface area contributed by atoms with Gasteiger partial charge in [-0.3, -0.25) is 4.79 Å². The van der Waals surface area contributed by atoms with E-state index in [1.54, 1.807) is 0 Å². The lowest BCUT2D eigenvalue weighted by Crippen LogP contribution is -2.39. The van der Waals surface area contributed by atoms with Gasteiger partial charge in [-0.1, -0.05) is 13.3 Å². The van der Waals surface area contributed by atoms with Crippen LogP contribution in [0.25, 0.3) is 0 Å². The molecule has 3 nitrogen and oxygen atoms in total. The molecule has 2 atom stereocenters. The van der Waals surface area contributed by atoms with Gasteiger partial charge in [0.1, 0.15) is 6.61 Å². The Morgan fingerprint density at radius 1 is 1.25 bits per heavy atom. The van der Waals surface area contributed by atoms with E-state index in [1.165, 1.54) is 6.42 Å². The first-order chi connectivity index (χ1) is 7.27. The number of carbonyl (C=O) groups excluding carboxylic acids is 1. The molecule has 0 aromatic rings. The second-order valence-corrected chi connectivity index (χ2v) is 5.61. The molecule has 0 saturated carbocycles. The summed E-state index contributed by atoms with van der Waals surface area (Å²) in [7, 11) is 0. The summed E-state index contributed by atoms with van der Waals surface area (Å²) >= 11 is 0. The highest BCUT2D eigenvalue weighted by Gasteiger charge is 2.23. The summed E-state index contributed by atoms with van der Waals surface area (Å²) in [4.78, 5) is 11.5. The minimum Gasteiger partial charge on any atom is -0.464 e. The third-order valence-corrected chi connectivity index (χ3v) is 2.37. The predicted octanol–water partition coefficient (Wildman–Crippen LogP) is 2.74. The molecule has 0 aromatic heterocycles. The molecule has 0 rings (SSSR count). The predicted molar refractivity (Wildman–Crippen MR) is 67.4 cm³/mol. The molecule has 0 bridgehead atoms. The molecule has 1 N–H and O–H groups in total. The number of rotatable bonds is 6. The quantitative estimate of drug-likeness (QED) is 0.712. The Hall–Kier alpha value is -0.570. The largest absolute Gasteiger partial charge is 0.464 e. The molecule has 0 aromatic carbocycles. The van der Waals surface area contributed by atoms with E-state index in [0.29, 0.717) is 12.6 Å². The number of esters is 1. The van der Waals surface area contributed by atoms with Gasteiger partial charge >= 0.3 is 5.97 Å². The van der Waals surface area contributed by atoms with Crippen LogP contribution in [0.5, 0.6) is 0 Å². The summed E-state index contributed by atoms with van der Waals surface area (Å²) in [6.07, 6.45) is 2.32. The van der Waals surface area contributed by atoms with Crippen molar-refractivity contribution in [3.8, 4) is 0 Å². The van der Waals surface area contributed by atoms with Gasteiger partial charge in [0.2, 0.25) is 0 Å². The van der Waals surface area contributed by atoms with Gasteiger partial charge in [-0.2, -0.15) is 0 Å². The lowest BCUT2D eigenvalue weighted by atomic mass is 9.97. The minimum atomic E-state index is -0.408. The van der Waals surface area contributed by atoms with Crippen molar-refractivity contribution >= 4 is 5.97 Å². The molecule has 0 heterocycles. The van der Waals surface area contributed by atoms with Crippen LogP contribution in [0.4, 0.5) is 0 Å². The summed E-state index contributed by atoms with van der Waals surface area (Å²) in [5.74, 6) is -0.135. The van der Waals surface area contributed by atoms with Gasteiger partial charge in [0.25, 0.3) is 0 Å². The first-order valence-corrected chi connectivity index (χ1v) is 6.20. The minimum absolute atomic E-state index is 0.135. The lowest BCUT2D eigenvalue weighted by Gasteiger charge is -2.22. The second-order valence-electron chi connectivity index (χ2n) is 5.61. The van der Waals surface area contributed by atoms with Crippen molar-refractivity contribution in [3.63, 3.8) is 0 Å². The second kappa shape index (κ2) is 6.89. The van der Waals surface area contributed by atoms with Crippen LogP contribution in [0.15, 0.2) is 0 Å². The fourth-order valence-corrected chi connectivity index (χ4v) is 1.47. The van der Waals surface area contributed by atoms with Crippen LogP contribution in [-0.4, -0.2) is 24.7 Å². The molecule has 0 radical (unpaired) electrons. The number of nitrogens with one attached hydrogen (secondary N) is 1. The zero-order chi connectivity index (χ0) is 12.8. The van der Waals surface area contributed by atoms with Crippen molar-refractivity contribution in [2.24, 2.45) is 5.41 Å². The highest BCUT2D eigenvalue weighted by atomic mass is 16.5. The monoisotopic (exact) mass is 229 g/mol. The SMILES string of the molecule is CCCC(C)N[C@@H](C)COC(=O)C(C)(C)C. The van der Waals surface area contributed by atoms with Crippen LogP contribution in [0, 0.1) is 5.41 Å². The van der Waals surface area contributed by atoms with Gasteiger partial charge < -0.3 is 10.1 Å². The van der Waals surface area contributed by atoms with Crippen molar-refractivity contribution in [2.75, 3.05) is 6.61 Å². The summed E-state index contributed by atoms with van der Waals surface area (Å²) in [6, 6.07) is 0.696. The van der Waals surface area contributed by atoms with Gasteiger partial charge in [0.15, 0.2) is 0 Å². The van der Waals surface area contributed by atoms with Gasteiger partial charge in [-0.15, -0.1) is 0 Å². The first kappa shape index (κ1) is 15.4. The average molecular weight is 229 g/mol. The van der Waals surface area contributed by atoms with E-state index in [4.69, 9.17) is 4.74 Å². The summed E-state index contributed by atoms with van der Waals surface area (Å²) in [5, 5.41) is 3.41. The zero-order valence-electron chi connectivity index (χ0n) is 11.6. The molecule has 0 aliphatic heterocycles. The first-order valence-electron chi connectivity index (χ1n) is 6.20. The van der Waals surface area contributed by atoms with Crippen molar-refractivity contribution in [2.45, 2.75) is 66.5 Å². The molecule has 3 heteroatoms. The van der Waals surface area contributed by atoms with Gasteiger partial charge in [-0.25, -0.2) is 0 Å². The van der Waals surface area contributed by atoms with Crippen molar-refractivity contribution in [1.29, 1.82) is 0 Å². The van der Waals surface area contributed by atoms with E-state index in [9.17, 15) is 4.79 Å². The molecular weight excluding hydrogens is 202 g/mol. The van der Waals surface area contributed by atoms with Crippen LogP contribution in [0.2, 0.25) is 0 Å². The van der Waals surface area contributed by atoms with E-state index < -0.39 is 5.41 Å². The fraction of sp³-hybridized carbons (Fsp3) is 0.923. The third-order valence-electron chi connectivity index (χ3n) is 2.37. The summed E-state index contributed by atoms with van der Waals surface area (Å²) in [6.45, 7) is 12.4. The zero-order valence-corrected chi connectivity index (χ0v) is 11.6. The Morgan fingerprint density at radius 3 is 2.25 bits per heavy atom. The van der Waals surface area contributed by atoms with Crippen LogP contribution in [0.1, 0.15) is 54.4 Å². The summed E-state index contributed by atoms with van der Waals surface area (Å²) < 4.78 is 5.25. The highest BCUT2D eigenvalue weighted by Crippen LogP contribution is 2.15. The Balaban J connectivity index is 3.81. The molecule has 16 heavy (non-hydrogen) atoms. The van der Waals surface area contributed by atoms with Crippen LogP contribution in [0.3, 0.4) is 0 Å². The number of hydrogen-bond donors (Lipinski definition) is 1. The fourth-order valence-electron chi connectivity index (χ4n) is 1.47. The number of carbonyl (C=O) groups is 1. The molecule has 0 fully saturated rings. The van der Waals surface area contributed by atoms with Gasteiger partial charge in [0.05, 0.1) is 5.41 Å². The van der Waals surface area contributed by atoms with Crippen LogP contribution < -0.4 is 5.32 Å². The van der Waals surface area contributed by atoms with E-state index in [1.807, 2.05) is 27.7 Å². The Bertz CT molecular complexity index is 208. The lowest BCUT2D eigenvalue weighted by molar-refractivity contribution is -0.153. The third kappa shape index (κ3) is 6.83. The number of ether oxygens (including phenoxy) is 1. The Morgan fingerprint density at radius 2 is 1.81 bits per heavy atom. The molecule has 96 valence electrons. The molecule has 0 spiro atoms.